The van der Waals surface area contributed by atoms with Gasteiger partial charge in [0, 0.05) is 24.2 Å². The Morgan fingerprint density at radius 2 is 1.77 bits per heavy atom. The number of carbonyl (C=O) groups excluding carboxylic acids is 1. The van der Waals surface area contributed by atoms with Gasteiger partial charge in [-0.2, -0.15) is 0 Å². The highest BCUT2D eigenvalue weighted by Gasteiger charge is 2.16. The Morgan fingerprint density at radius 1 is 1.23 bits per heavy atom. The summed E-state index contributed by atoms with van der Waals surface area (Å²) in [5.41, 5.74) is 5.69. The Labute approximate surface area is 132 Å². The number of amides is 1. The molecule has 0 atom stereocenters. The summed E-state index contributed by atoms with van der Waals surface area (Å²) in [4.78, 5) is 12.1. The van der Waals surface area contributed by atoms with Crippen LogP contribution in [0.25, 0.3) is 0 Å². The Bertz CT molecular complexity index is 602. The second-order valence-corrected chi connectivity index (χ2v) is 8.21. The van der Waals surface area contributed by atoms with Gasteiger partial charge < -0.3 is 11.1 Å². The van der Waals surface area contributed by atoms with Gasteiger partial charge in [0.2, 0.25) is 10.0 Å². The number of rotatable bonds is 7. The number of benzene rings is 1. The Morgan fingerprint density at radius 3 is 2.23 bits per heavy atom. The normalized spacial score (nSPS) is 12.5. The fourth-order valence-corrected chi connectivity index (χ4v) is 2.77. The summed E-state index contributed by atoms with van der Waals surface area (Å²) in [6.07, 6.45) is 0. The van der Waals surface area contributed by atoms with Crippen molar-refractivity contribution >= 4 is 15.9 Å². The van der Waals surface area contributed by atoms with Crippen molar-refractivity contribution in [3.63, 3.8) is 0 Å². The molecule has 124 valence electrons. The van der Waals surface area contributed by atoms with Gasteiger partial charge in [0.1, 0.15) is 0 Å². The number of hydrogen-bond donors (Lipinski definition) is 3. The number of nitrogens with one attached hydrogen (secondary N) is 2. The van der Waals surface area contributed by atoms with E-state index < -0.39 is 15.6 Å². The molecule has 1 rings (SSSR count). The summed E-state index contributed by atoms with van der Waals surface area (Å²) in [7, 11) is -3.54. The van der Waals surface area contributed by atoms with Gasteiger partial charge in [-0.3, -0.25) is 4.79 Å². The number of carbonyl (C=O) groups is 1. The summed E-state index contributed by atoms with van der Waals surface area (Å²) in [5, 5.41) is 2.71. The topological polar surface area (TPSA) is 101 Å². The highest BCUT2D eigenvalue weighted by atomic mass is 32.2. The van der Waals surface area contributed by atoms with E-state index in [1.807, 2.05) is 27.7 Å². The van der Waals surface area contributed by atoms with Crippen LogP contribution in [-0.2, 0) is 10.0 Å². The zero-order valence-corrected chi connectivity index (χ0v) is 14.3. The Balaban J connectivity index is 2.76. The standard InChI is InChI=1S/C15H25N3O3S/c1-11(2)9-18-22(20,21)13-7-5-12(6-8-13)14(19)17-10-15(3,4)16/h5-8,11,18H,9-10,16H2,1-4H3,(H,17,19). The molecule has 0 radical (unpaired) electrons. The van der Waals surface area contributed by atoms with Gasteiger partial charge in [0.15, 0.2) is 0 Å². The van der Waals surface area contributed by atoms with E-state index >= 15 is 0 Å². The smallest absolute Gasteiger partial charge is 0.251 e. The molecule has 0 aliphatic carbocycles. The number of hydrogen-bond acceptors (Lipinski definition) is 4. The maximum absolute atomic E-state index is 12.0. The minimum Gasteiger partial charge on any atom is -0.350 e. The van der Waals surface area contributed by atoms with Crippen molar-refractivity contribution in [2.24, 2.45) is 11.7 Å². The molecule has 0 bridgehead atoms. The van der Waals surface area contributed by atoms with Crippen molar-refractivity contribution < 1.29 is 13.2 Å². The van der Waals surface area contributed by atoms with Crippen molar-refractivity contribution in [2.45, 2.75) is 38.1 Å². The van der Waals surface area contributed by atoms with E-state index in [4.69, 9.17) is 5.73 Å². The molecule has 0 aromatic heterocycles. The van der Waals surface area contributed by atoms with Crippen LogP contribution >= 0.6 is 0 Å². The zero-order valence-electron chi connectivity index (χ0n) is 13.5. The first-order valence-corrected chi connectivity index (χ1v) is 8.66. The van der Waals surface area contributed by atoms with Gasteiger partial charge >= 0.3 is 0 Å². The molecular formula is C15H25N3O3S. The third kappa shape index (κ3) is 6.13. The summed E-state index contributed by atoms with van der Waals surface area (Å²) < 4.78 is 26.6. The fourth-order valence-electron chi connectivity index (χ4n) is 1.56. The number of nitrogens with two attached hydrogens (primary N) is 1. The SMILES string of the molecule is CC(C)CNS(=O)(=O)c1ccc(C(=O)NCC(C)(C)N)cc1. The van der Waals surface area contributed by atoms with Crippen LogP contribution in [0.3, 0.4) is 0 Å². The van der Waals surface area contributed by atoms with E-state index in [9.17, 15) is 13.2 Å². The van der Waals surface area contributed by atoms with Crippen molar-refractivity contribution in [2.75, 3.05) is 13.1 Å². The first-order chi connectivity index (χ1) is 10.0. The van der Waals surface area contributed by atoms with Crippen LogP contribution in [0, 0.1) is 5.92 Å². The fraction of sp³-hybridized carbons (Fsp3) is 0.533. The quantitative estimate of drug-likeness (QED) is 0.697. The van der Waals surface area contributed by atoms with Gasteiger partial charge in [-0.1, -0.05) is 13.8 Å². The van der Waals surface area contributed by atoms with Crippen molar-refractivity contribution in [3.05, 3.63) is 29.8 Å². The van der Waals surface area contributed by atoms with E-state index in [0.29, 0.717) is 18.7 Å². The lowest BCUT2D eigenvalue weighted by molar-refractivity contribution is 0.0946. The van der Waals surface area contributed by atoms with Gasteiger partial charge in [0.25, 0.3) is 5.91 Å². The molecule has 0 aliphatic rings. The predicted octanol–water partition coefficient (Wildman–Crippen LogP) is 1.09. The number of sulfonamides is 1. The molecular weight excluding hydrogens is 302 g/mol. The van der Waals surface area contributed by atoms with Gasteiger partial charge in [-0.15, -0.1) is 0 Å². The lowest BCUT2D eigenvalue weighted by Crippen LogP contribution is -2.45. The largest absolute Gasteiger partial charge is 0.350 e. The average molecular weight is 327 g/mol. The Hall–Kier alpha value is -1.44. The second kappa shape index (κ2) is 7.21. The van der Waals surface area contributed by atoms with Crippen LogP contribution in [0.2, 0.25) is 0 Å². The summed E-state index contributed by atoms with van der Waals surface area (Å²) in [5.74, 6) is -0.0583. The third-order valence-corrected chi connectivity index (χ3v) is 4.25. The van der Waals surface area contributed by atoms with Crippen LogP contribution in [0.15, 0.2) is 29.2 Å². The maximum atomic E-state index is 12.0. The molecule has 1 amide bonds. The minimum absolute atomic E-state index is 0.142. The third-order valence-electron chi connectivity index (χ3n) is 2.81. The molecule has 0 saturated heterocycles. The van der Waals surface area contributed by atoms with Crippen LogP contribution in [-0.4, -0.2) is 33.0 Å². The van der Waals surface area contributed by atoms with Crippen molar-refractivity contribution in [3.8, 4) is 0 Å². The average Bonchev–Trinajstić information content (AvgIpc) is 2.42. The lowest BCUT2D eigenvalue weighted by atomic mass is 10.1. The van der Waals surface area contributed by atoms with E-state index in [-0.39, 0.29) is 16.7 Å². The van der Waals surface area contributed by atoms with Crippen molar-refractivity contribution in [1.82, 2.24) is 10.0 Å². The predicted molar refractivity (Wildman–Crippen MR) is 87.1 cm³/mol. The molecule has 22 heavy (non-hydrogen) atoms. The molecule has 7 heteroatoms. The second-order valence-electron chi connectivity index (χ2n) is 6.44. The van der Waals surface area contributed by atoms with E-state index in [0.717, 1.165) is 0 Å². The monoisotopic (exact) mass is 327 g/mol. The van der Waals surface area contributed by atoms with Crippen LogP contribution in [0.5, 0.6) is 0 Å². The van der Waals surface area contributed by atoms with Crippen LogP contribution < -0.4 is 15.8 Å². The van der Waals surface area contributed by atoms with Crippen LogP contribution in [0.1, 0.15) is 38.1 Å². The first kappa shape index (κ1) is 18.6. The molecule has 1 aromatic rings. The molecule has 0 aliphatic heterocycles. The van der Waals surface area contributed by atoms with Gasteiger partial charge in [0.05, 0.1) is 4.90 Å². The molecule has 0 unspecified atom stereocenters. The molecule has 0 heterocycles. The molecule has 0 fully saturated rings. The van der Waals surface area contributed by atoms with E-state index in [2.05, 4.69) is 10.0 Å². The molecule has 1 aromatic carbocycles. The first-order valence-electron chi connectivity index (χ1n) is 7.18. The maximum Gasteiger partial charge on any atom is 0.251 e. The summed E-state index contributed by atoms with van der Waals surface area (Å²) in [6.45, 7) is 8.18. The molecule has 0 spiro atoms. The highest BCUT2D eigenvalue weighted by molar-refractivity contribution is 7.89. The van der Waals surface area contributed by atoms with E-state index in [1.165, 1.54) is 24.3 Å². The minimum atomic E-state index is -3.54. The molecule has 4 N–H and O–H groups in total. The van der Waals surface area contributed by atoms with Gasteiger partial charge in [-0.05, 0) is 44.0 Å². The Kier molecular flexibility index (Phi) is 6.10. The van der Waals surface area contributed by atoms with E-state index in [1.54, 1.807) is 0 Å². The molecule has 0 saturated carbocycles. The van der Waals surface area contributed by atoms with Crippen LogP contribution in [0.4, 0.5) is 0 Å². The summed E-state index contributed by atoms with van der Waals surface area (Å²) >= 11 is 0. The summed E-state index contributed by atoms with van der Waals surface area (Å²) in [6, 6.07) is 5.82. The molecule has 6 nitrogen and oxygen atoms in total. The van der Waals surface area contributed by atoms with Crippen molar-refractivity contribution in [1.29, 1.82) is 0 Å². The lowest BCUT2D eigenvalue weighted by Gasteiger charge is -2.18. The van der Waals surface area contributed by atoms with Gasteiger partial charge in [-0.25, -0.2) is 13.1 Å². The zero-order chi connectivity index (χ0) is 17.0. The highest BCUT2D eigenvalue weighted by Crippen LogP contribution is 2.11.